The molecule has 0 N–H and O–H groups in total. The van der Waals surface area contributed by atoms with Gasteiger partial charge in [0.15, 0.2) is 0 Å². The van der Waals surface area contributed by atoms with E-state index in [1.165, 1.54) is 0 Å². The molecule has 2 rings (SSSR count). The molecule has 1 aliphatic rings. The smallest absolute Gasteiger partial charge is 0.254 e. The van der Waals surface area contributed by atoms with Crippen molar-refractivity contribution in [1.82, 2.24) is 9.80 Å². The summed E-state index contributed by atoms with van der Waals surface area (Å²) in [5.74, 6) is 0.799. The Balaban J connectivity index is 2.07. The molecular weight excluding hydrogens is 256 g/mol. The average Bonchev–Trinajstić information content (AvgIpc) is 2.46. The molecule has 20 heavy (non-hydrogen) atoms. The van der Waals surface area contributed by atoms with Gasteiger partial charge in [-0.15, -0.1) is 0 Å². The zero-order chi connectivity index (χ0) is 14.7. The molecule has 0 aromatic heterocycles. The van der Waals surface area contributed by atoms with E-state index in [9.17, 15) is 9.59 Å². The molecule has 0 spiro atoms. The number of rotatable bonds is 2. The Morgan fingerprint density at radius 2 is 1.85 bits per heavy atom. The van der Waals surface area contributed by atoms with Gasteiger partial charge < -0.3 is 14.5 Å². The van der Waals surface area contributed by atoms with Crippen LogP contribution in [0.5, 0.6) is 5.75 Å². The van der Waals surface area contributed by atoms with Gasteiger partial charge in [0.2, 0.25) is 5.91 Å². The zero-order valence-corrected chi connectivity index (χ0v) is 12.1. The first-order valence-electron chi connectivity index (χ1n) is 6.73. The van der Waals surface area contributed by atoms with Gasteiger partial charge in [-0.05, 0) is 31.2 Å². The molecule has 0 saturated carbocycles. The standard InChI is InChI=1S/C15H20N2O3/c1-11-10-16(12(2)18)8-9-17(11)15(19)13-4-6-14(20-3)7-5-13/h4-7,11H,8-10H2,1-3H3. The molecule has 0 bridgehead atoms. The van der Waals surface area contributed by atoms with Crippen molar-refractivity contribution in [2.45, 2.75) is 19.9 Å². The monoisotopic (exact) mass is 276 g/mol. The lowest BCUT2D eigenvalue weighted by atomic mass is 10.1. The van der Waals surface area contributed by atoms with Crippen LogP contribution in [-0.2, 0) is 4.79 Å². The summed E-state index contributed by atoms with van der Waals surface area (Å²) in [5, 5.41) is 0. The van der Waals surface area contributed by atoms with Crippen molar-refractivity contribution in [1.29, 1.82) is 0 Å². The molecule has 108 valence electrons. The minimum atomic E-state index is 0.00311. The summed E-state index contributed by atoms with van der Waals surface area (Å²) < 4.78 is 5.09. The second-order valence-corrected chi connectivity index (χ2v) is 5.04. The third kappa shape index (κ3) is 2.92. The number of piperazine rings is 1. The molecule has 2 amide bonds. The van der Waals surface area contributed by atoms with Gasteiger partial charge in [-0.2, -0.15) is 0 Å². The van der Waals surface area contributed by atoms with E-state index in [1.54, 1.807) is 43.2 Å². The number of nitrogens with zero attached hydrogens (tertiary/aromatic N) is 2. The maximum Gasteiger partial charge on any atom is 0.254 e. The van der Waals surface area contributed by atoms with Gasteiger partial charge in [0.25, 0.3) is 5.91 Å². The Labute approximate surface area is 119 Å². The molecule has 5 nitrogen and oxygen atoms in total. The normalized spacial score (nSPS) is 18.9. The number of amides is 2. The molecule has 1 aliphatic heterocycles. The third-order valence-corrected chi connectivity index (χ3v) is 3.67. The van der Waals surface area contributed by atoms with Gasteiger partial charge >= 0.3 is 0 Å². The fourth-order valence-corrected chi connectivity index (χ4v) is 2.44. The molecule has 1 atom stereocenters. The summed E-state index contributed by atoms with van der Waals surface area (Å²) in [4.78, 5) is 27.4. The maximum absolute atomic E-state index is 12.5. The van der Waals surface area contributed by atoms with Crippen molar-refractivity contribution in [3.05, 3.63) is 29.8 Å². The second-order valence-electron chi connectivity index (χ2n) is 5.04. The van der Waals surface area contributed by atoms with Gasteiger partial charge in [-0.1, -0.05) is 0 Å². The van der Waals surface area contributed by atoms with Crippen molar-refractivity contribution in [2.24, 2.45) is 0 Å². The van der Waals surface area contributed by atoms with Crippen LogP contribution in [0.2, 0.25) is 0 Å². The van der Waals surface area contributed by atoms with Crippen molar-refractivity contribution < 1.29 is 14.3 Å². The van der Waals surface area contributed by atoms with E-state index in [0.29, 0.717) is 25.2 Å². The summed E-state index contributed by atoms with van der Waals surface area (Å²) in [6, 6.07) is 7.13. The number of benzene rings is 1. The molecule has 0 radical (unpaired) electrons. The van der Waals surface area contributed by atoms with E-state index in [-0.39, 0.29) is 17.9 Å². The predicted molar refractivity (Wildman–Crippen MR) is 75.7 cm³/mol. The number of methoxy groups -OCH3 is 1. The Bertz CT molecular complexity index is 498. The van der Waals surface area contributed by atoms with E-state index in [4.69, 9.17) is 4.74 Å². The molecule has 1 heterocycles. The van der Waals surface area contributed by atoms with Crippen LogP contribution in [-0.4, -0.2) is 54.4 Å². The fourth-order valence-electron chi connectivity index (χ4n) is 2.44. The van der Waals surface area contributed by atoms with Crippen LogP contribution in [0, 0.1) is 0 Å². The quantitative estimate of drug-likeness (QED) is 0.820. The van der Waals surface area contributed by atoms with Gasteiger partial charge in [0.05, 0.1) is 7.11 Å². The summed E-state index contributed by atoms with van der Waals surface area (Å²) in [6.45, 7) is 5.30. The lowest BCUT2D eigenvalue weighted by Crippen LogP contribution is -2.55. The van der Waals surface area contributed by atoms with E-state index in [1.807, 2.05) is 11.8 Å². The Hall–Kier alpha value is -2.04. The first kappa shape index (κ1) is 14.4. The largest absolute Gasteiger partial charge is 0.497 e. The lowest BCUT2D eigenvalue weighted by Gasteiger charge is -2.39. The molecule has 1 aromatic rings. The van der Waals surface area contributed by atoms with E-state index >= 15 is 0 Å². The molecule has 5 heteroatoms. The number of carbonyl (C=O) groups is 2. The van der Waals surface area contributed by atoms with E-state index in [2.05, 4.69) is 0 Å². The number of ether oxygens (including phenoxy) is 1. The topological polar surface area (TPSA) is 49.9 Å². The highest BCUT2D eigenvalue weighted by Gasteiger charge is 2.28. The van der Waals surface area contributed by atoms with Crippen LogP contribution in [0.1, 0.15) is 24.2 Å². The summed E-state index contributed by atoms with van der Waals surface area (Å²) in [6.07, 6.45) is 0. The highest BCUT2D eigenvalue weighted by Crippen LogP contribution is 2.17. The maximum atomic E-state index is 12.5. The third-order valence-electron chi connectivity index (χ3n) is 3.67. The molecule has 1 unspecified atom stereocenters. The van der Waals surface area contributed by atoms with E-state index < -0.39 is 0 Å². The molecule has 1 saturated heterocycles. The zero-order valence-electron chi connectivity index (χ0n) is 12.1. The molecular formula is C15H20N2O3. The minimum Gasteiger partial charge on any atom is -0.497 e. The van der Waals surface area contributed by atoms with Crippen LogP contribution >= 0.6 is 0 Å². The van der Waals surface area contributed by atoms with Crippen molar-refractivity contribution in [2.75, 3.05) is 26.7 Å². The van der Waals surface area contributed by atoms with Crippen molar-refractivity contribution in [3.63, 3.8) is 0 Å². The average molecular weight is 276 g/mol. The van der Waals surface area contributed by atoms with Crippen LogP contribution in [0.15, 0.2) is 24.3 Å². The summed E-state index contributed by atoms with van der Waals surface area (Å²) >= 11 is 0. The second kappa shape index (κ2) is 5.94. The van der Waals surface area contributed by atoms with Crippen molar-refractivity contribution >= 4 is 11.8 Å². The lowest BCUT2D eigenvalue weighted by molar-refractivity contribution is -0.131. The number of hydrogen-bond acceptors (Lipinski definition) is 3. The molecule has 1 fully saturated rings. The van der Waals surface area contributed by atoms with Gasteiger partial charge in [-0.3, -0.25) is 9.59 Å². The summed E-state index contributed by atoms with van der Waals surface area (Å²) in [7, 11) is 1.60. The van der Waals surface area contributed by atoms with Crippen molar-refractivity contribution in [3.8, 4) is 5.75 Å². The van der Waals surface area contributed by atoms with Gasteiger partial charge in [0.1, 0.15) is 5.75 Å². The Kier molecular flexibility index (Phi) is 4.27. The highest BCUT2D eigenvalue weighted by atomic mass is 16.5. The van der Waals surface area contributed by atoms with Crippen LogP contribution in [0.25, 0.3) is 0 Å². The fraction of sp³-hybridized carbons (Fsp3) is 0.467. The van der Waals surface area contributed by atoms with E-state index in [0.717, 1.165) is 5.75 Å². The van der Waals surface area contributed by atoms with Gasteiger partial charge in [0, 0.05) is 38.2 Å². The predicted octanol–water partition coefficient (Wildman–Crippen LogP) is 1.39. The summed E-state index contributed by atoms with van der Waals surface area (Å²) in [5.41, 5.74) is 0.647. The SMILES string of the molecule is COc1ccc(C(=O)N2CCN(C(C)=O)CC2C)cc1. The Morgan fingerprint density at radius 1 is 1.20 bits per heavy atom. The van der Waals surface area contributed by atoms with Gasteiger partial charge in [-0.25, -0.2) is 0 Å². The first-order valence-corrected chi connectivity index (χ1v) is 6.73. The van der Waals surface area contributed by atoms with Crippen LogP contribution < -0.4 is 4.74 Å². The highest BCUT2D eigenvalue weighted by molar-refractivity contribution is 5.94. The number of carbonyl (C=O) groups excluding carboxylic acids is 2. The van der Waals surface area contributed by atoms with Crippen LogP contribution in [0.3, 0.4) is 0 Å². The Morgan fingerprint density at radius 3 is 2.35 bits per heavy atom. The minimum absolute atomic E-state index is 0.00311. The molecule has 0 aliphatic carbocycles. The molecule has 1 aromatic carbocycles. The number of hydrogen-bond donors (Lipinski definition) is 0. The van der Waals surface area contributed by atoms with Crippen LogP contribution in [0.4, 0.5) is 0 Å². The first-order chi connectivity index (χ1) is 9.52.